The predicted octanol–water partition coefficient (Wildman–Crippen LogP) is 3.01. The Hall–Kier alpha value is -0.410. The van der Waals surface area contributed by atoms with Crippen molar-refractivity contribution in [2.45, 2.75) is 52.5 Å². The lowest BCUT2D eigenvalue weighted by Crippen LogP contribution is -2.32. The molecule has 0 saturated carbocycles. The predicted molar refractivity (Wildman–Crippen MR) is 67.2 cm³/mol. The van der Waals surface area contributed by atoms with Gasteiger partial charge in [-0.25, -0.2) is 4.98 Å². The first-order valence-electron chi connectivity index (χ1n) is 5.59. The number of hydrogen-bond donors (Lipinski definition) is 1. The summed E-state index contributed by atoms with van der Waals surface area (Å²) < 4.78 is 0. The summed E-state index contributed by atoms with van der Waals surface area (Å²) in [6.45, 7) is 8.58. The monoisotopic (exact) mass is 226 g/mol. The van der Waals surface area contributed by atoms with Crippen molar-refractivity contribution in [1.29, 1.82) is 0 Å². The van der Waals surface area contributed by atoms with Gasteiger partial charge in [0, 0.05) is 17.3 Å². The summed E-state index contributed by atoms with van der Waals surface area (Å²) in [6, 6.07) is 0. The molecule has 0 aliphatic carbocycles. The summed E-state index contributed by atoms with van der Waals surface area (Å²) >= 11 is 1.77. The van der Waals surface area contributed by atoms with Crippen LogP contribution in [0.1, 0.15) is 44.8 Å². The van der Waals surface area contributed by atoms with Crippen molar-refractivity contribution in [3.05, 3.63) is 16.1 Å². The van der Waals surface area contributed by atoms with E-state index in [0.29, 0.717) is 5.92 Å². The molecule has 1 aromatic heterocycles. The Kier molecular flexibility index (Phi) is 4.29. The zero-order valence-corrected chi connectivity index (χ0v) is 11.0. The van der Waals surface area contributed by atoms with Crippen molar-refractivity contribution < 1.29 is 0 Å². The van der Waals surface area contributed by atoms with Crippen LogP contribution in [0.5, 0.6) is 0 Å². The Balaban J connectivity index is 2.46. The van der Waals surface area contributed by atoms with E-state index in [4.69, 9.17) is 5.73 Å². The molecule has 2 nitrogen and oxygen atoms in total. The van der Waals surface area contributed by atoms with Crippen molar-refractivity contribution in [2.75, 3.05) is 0 Å². The van der Waals surface area contributed by atoms with Gasteiger partial charge in [-0.05, 0) is 32.6 Å². The van der Waals surface area contributed by atoms with Crippen LogP contribution in [0.3, 0.4) is 0 Å². The van der Waals surface area contributed by atoms with Crippen molar-refractivity contribution in [3.8, 4) is 0 Å². The molecule has 0 aromatic carbocycles. The van der Waals surface area contributed by atoms with Crippen LogP contribution in [0.4, 0.5) is 0 Å². The molecule has 0 aliphatic rings. The molecule has 0 unspecified atom stereocenters. The molecule has 86 valence electrons. The fourth-order valence-electron chi connectivity index (χ4n) is 1.40. The molecule has 1 aromatic rings. The topological polar surface area (TPSA) is 38.9 Å². The highest BCUT2D eigenvalue weighted by atomic mass is 32.1. The largest absolute Gasteiger partial charge is 0.326 e. The normalized spacial score (nSPS) is 12.4. The van der Waals surface area contributed by atoms with Gasteiger partial charge in [0.25, 0.3) is 0 Å². The highest BCUT2D eigenvalue weighted by molar-refractivity contribution is 7.09. The van der Waals surface area contributed by atoms with Crippen LogP contribution in [0.25, 0.3) is 0 Å². The highest BCUT2D eigenvalue weighted by Crippen LogP contribution is 2.17. The second-order valence-corrected chi connectivity index (χ2v) is 6.26. The maximum Gasteiger partial charge on any atom is 0.0928 e. The quantitative estimate of drug-likeness (QED) is 0.838. The van der Waals surface area contributed by atoms with E-state index in [1.807, 2.05) is 0 Å². The van der Waals surface area contributed by atoms with E-state index in [-0.39, 0.29) is 5.54 Å². The lowest BCUT2D eigenvalue weighted by Gasteiger charge is -2.16. The lowest BCUT2D eigenvalue weighted by atomic mass is 10.0. The van der Waals surface area contributed by atoms with E-state index in [9.17, 15) is 0 Å². The standard InChI is InChI=1S/C12H22N2S/c1-9(2)7-10-8-15-11(14-10)5-6-12(3,4)13/h8-9H,5-7,13H2,1-4H3. The Morgan fingerprint density at radius 3 is 2.67 bits per heavy atom. The number of hydrogen-bond acceptors (Lipinski definition) is 3. The second kappa shape index (κ2) is 5.08. The molecule has 1 rings (SSSR count). The van der Waals surface area contributed by atoms with Gasteiger partial charge in [-0.1, -0.05) is 13.8 Å². The van der Waals surface area contributed by atoms with Crippen LogP contribution >= 0.6 is 11.3 Å². The molecule has 0 atom stereocenters. The average Bonchev–Trinajstić information content (AvgIpc) is 2.46. The summed E-state index contributed by atoms with van der Waals surface area (Å²) in [5.74, 6) is 0.686. The van der Waals surface area contributed by atoms with Gasteiger partial charge in [-0.15, -0.1) is 11.3 Å². The third-order valence-corrected chi connectivity index (χ3v) is 3.16. The number of nitrogens with zero attached hydrogens (tertiary/aromatic N) is 1. The van der Waals surface area contributed by atoms with Crippen molar-refractivity contribution in [3.63, 3.8) is 0 Å². The number of aromatic nitrogens is 1. The first-order valence-corrected chi connectivity index (χ1v) is 6.47. The van der Waals surface area contributed by atoms with E-state index in [1.165, 1.54) is 10.7 Å². The minimum atomic E-state index is -0.0795. The van der Waals surface area contributed by atoms with E-state index in [2.05, 4.69) is 38.1 Å². The molecule has 3 heteroatoms. The SMILES string of the molecule is CC(C)Cc1csc(CCC(C)(C)N)n1. The molecule has 0 saturated heterocycles. The molecule has 2 N–H and O–H groups in total. The van der Waals surface area contributed by atoms with Crippen LogP contribution < -0.4 is 5.73 Å². The molecule has 0 aliphatic heterocycles. The molecule has 0 fully saturated rings. The van der Waals surface area contributed by atoms with Gasteiger partial charge < -0.3 is 5.73 Å². The third kappa shape index (κ3) is 5.28. The van der Waals surface area contributed by atoms with E-state index in [1.54, 1.807) is 11.3 Å². The Morgan fingerprint density at radius 1 is 1.47 bits per heavy atom. The van der Waals surface area contributed by atoms with Gasteiger partial charge in [-0.2, -0.15) is 0 Å². The molecule has 1 heterocycles. The summed E-state index contributed by atoms with van der Waals surface area (Å²) in [7, 11) is 0. The number of rotatable bonds is 5. The molecular formula is C12H22N2S. The van der Waals surface area contributed by atoms with Gasteiger partial charge >= 0.3 is 0 Å². The Bertz CT molecular complexity index is 297. The molecule has 15 heavy (non-hydrogen) atoms. The molecule has 0 spiro atoms. The maximum absolute atomic E-state index is 5.95. The summed E-state index contributed by atoms with van der Waals surface area (Å²) in [5.41, 5.74) is 7.10. The molecule has 0 bridgehead atoms. The van der Waals surface area contributed by atoms with Gasteiger partial charge in [0.2, 0.25) is 0 Å². The van der Waals surface area contributed by atoms with E-state index >= 15 is 0 Å². The number of thiazole rings is 1. The van der Waals surface area contributed by atoms with Crippen LogP contribution in [0.2, 0.25) is 0 Å². The van der Waals surface area contributed by atoms with Crippen LogP contribution in [-0.4, -0.2) is 10.5 Å². The van der Waals surface area contributed by atoms with Gasteiger partial charge in [0.05, 0.1) is 10.7 Å². The van der Waals surface area contributed by atoms with Crippen molar-refractivity contribution >= 4 is 11.3 Å². The fraction of sp³-hybridized carbons (Fsp3) is 0.750. The second-order valence-electron chi connectivity index (χ2n) is 5.32. The van der Waals surface area contributed by atoms with Crippen molar-refractivity contribution in [1.82, 2.24) is 4.98 Å². The minimum Gasteiger partial charge on any atom is -0.326 e. The fourth-order valence-corrected chi connectivity index (χ4v) is 2.22. The summed E-state index contributed by atoms with van der Waals surface area (Å²) in [5, 5.41) is 3.41. The third-order valence-electron chi connectivity index (χ3n) is 2.20. The van der Waals surface area contributed by atoms with Gasteiger partial charge in [0.1, 0.15) is 0 Å². The van der Waals surface area contributed by atoms with E-state index in [0.717, 1.165) is 19.3 Å². The molecular weight excluding hydrogens is 204 g/mol. The minimum absolute atomic E-state index is 0.0795. The smallest absolute Gasteiger partial charge is 0.0928 e. The van der Waals surface area contributed by atoms with Gasteiger partial charge in [0.15, 0.2) is 0 Å². The van der Waals surface area contributed by atoms with Crippen LogP contribution in [-0.2, 0) is 12.8 Å². The summed E-state index contributed by atoms with van der Waals surface area (Å²) in [6.07, 6.45) is 3.09. The van der Waals surface area contributed by atoms with E-state index < -0.39 is 0 Å². The lowest BCUT2D eigenvalue weighted by molar-refractivity contribution is 0.476. The first-order chi connectivity index (χ1) is 6.87. The van der Waals surface area contributed by atoms with Gasteiger partial charge in [-0.3, -0.25) is 0 Å². The molecule has 0 radical (unpaired) electrons. The first kappa shape index (κ1) is 12.7. The average molecular weight is 226 g/mol. The zero-order valence-electron chi connectivity index (χ0n) is 10.2. The Labute approximate surface area is 96.9 Å². The number of aryl methyl sites for hydroxylation is 1. The summed E-state index contributed by atoms with van der Waals surface area (Å²) in [4.78, 5) is 4.62. The zero-order chi connectivity index (χ0) is 11.5. The van der Waals surface area contributed by atoms with Crippen molar-refractivity contribution in [2.24, 2.45) is 11.7 Å². The highest BCUT2D eigenvalue weighted by Gasteiger charge is 2.12. The number of nitrogens with two attached hydrogens (primary N) is 1. The van der Waals surface area contributed by atoms with Crippen LogP contribution in [0, 0.1) is 5.92 Å². The Morgan fingerprint density at radius 2 is 2.13 bits per heavy atom. The molecule has 0 amide bonds. The maximum atomic E-state index is 5.95. The van der Waals surface area contributed by atoms with Crippen LogP contribution in [0.15, 0.2) is 5.38 Å².